The molecule has 2 aromatic rings. The van der Waals surface area contributed by atoms with Gasteiger partial charge in [0.1, 0.15) is 5.82 Å². The van der Waals surface area contributed by atoms with Gasteiger partial charge < -0.3 is 0 Å². The smallest absolute Gasteiger partial charge is 0.123 e. The Labute approximate surface area is 175 Å². The van der Waals surface area contributed by atoms with Crippen molar-refractivity contribution >= 4 is 0 Å². The number of nitriles is 1. The highest BCUT2D eigenvalue weighted by Gasteiger charge is 2.42. The minimum absolute atomic E-state index is 0.235. The van der Waals surface area contributed by atoms with E-state index in [9.17, 15) is 9.65 Å². The monoisotopic (exact) mass is 392 g/mol. The van der Waals surface area contributed by atoms with Crippen LogP contribution >= 0.6 is 0 Å². The molecule has 2 atom stereocenters. The van der Waals surface area contributed by atoms with Crippen molar-refractivity contribution in [2.75, 3.05) is 7.05 Å². The summed E-state index contributed by atoms with van der Waals surface area (Å²) in [5.41, 5.74) is 1.80. The minimum Gasteiger partial charge on any atom is -0.299 e. The van der Waals surface area contributed by atoms with Gasteiger partial charge in [0.05, 0.1) is 11.5 Å². The maximum Gasteiger partial charge on any atom is 0.123 e. The summed E-state index contributed by atoms with van der Waals surface area (Å²) in [6.45, 7) is 3.15. The topological polar surface area (TPSA) is 27.0 Å². The van der Waals surface area contributed by atoms with Gasteiger partial charge in [-0.3, -0.25) is 4.90 Å². The van der Waals surface area contributed by atoms with Crippen LogP contribution in [0.1, 0.15) is 63.0 Å². The van der Waals surface area contributed by atoms with Gasteiger partial charge in [0, 0.05) is 12.6 Å². The molecular weight excluding hydrogens is 359 g/mol. The van der Waals surface area contributed by atoms with Crippen LogP contribution in [0.15, 0.2) is 54.6 Å². The number of halogens is 1. The van der Waals surface area contributed by atoms with Crippen molar-refractivity contribution in [3.8, 4) is 6.07 Å². The average molecular weight is 393 g/mol. The number of benzene rings is 2. The molecule has 3 heteroatoms. The van der Waals surface area contributed by atoms with Gasteiger partial charge in [0.15, 0.2) is 0 Å². The summed E-state index contributed by atoms with van der Waals surface area (Å²) < 4.78 is 13.5. The highest BCUT2D eigenvalue weighted by atomic mass is 19.1. The molecule has 29 heavy (non-hydrogen) atoms. The van der Waals surface area contributed by atoms with Crippen molar-refractivity contribution in [1.29, 1.82) is 5.26 Å². The highest BCUT2D eigenvalue weighted by molar-refractivity contribution is 5.34. The average Bonchev–Trinajstić information content (AvgIpc) is 3.28. The molecule has 0 saturated heterocycles. The normalized spacial score (nSPS) is 17.8. The second-order valence-corrected chi connectivity index (χ2v) is 8.57. The summed E-state index contributed by atoms with van der Waals surface area (Å²) in [5.74, 6) is 0.135. The number of nitrogens with zero attached hydrogens (tertiary/aromatic N) is 2. The fourth-order valence-corrected chi connectivity index (χ4v) is 5.09. The van der Waals surface area contributed by atoms with Crippen molar-refractivity contribution in [1.82, 2.24) is 4.90 Å². The highest BCUT2D eigenvalue weighted by Crippen LogP contribution is 2.45. The zero-order valence-corrected chi connectivity index (χ0v) is 17.8. The van der Waals surface area contributed by atoms with E-state index < -0.39 is 5.41 Å². The number of rotatable bonds is 9. The molecule has 2 aromatic carbocycles. The molecule has 0 amide bonds. The van der Waals surface area contributed by atoms with Crippen molar-refractivity contribution in [2.24, 2.45) is 5.92 Å². The number of hydrogen-bond donors (Lipinski definition) is 0. The van der Waals surface area contributed by atoms with E-state index in [-0.39, 0.29) is 5.82 Å². The molecule has 3 rings (SSSR count). The van der Waals surface area contributed by atoms with E-state index in [4.69, 9.17) is 0 Å². The second-order valence-electron chi connectivity index (χ2n) is 8.57. The van der Waals surface area contributed by atoms with Crippen LogP contribution in [0.4, 0.5) is 4.39 Å². The lowest BCUT2D eigenvalue weighted by atomic mass is 9.67. The van der Waals surface area contributed by atoms with E-state index >= 15 is 0 Å². The van der Waals surface area contributed by atoms with Gasteiger partial charge in [-0.05, 0) is 68.3 Å². The summed E-state index contributed by atoms with van der Waals surface area (Å²) >= 11 is 0. The van der Waals surface area contributed by atoms with Gasteiger partial charge in [-0.15, -0.1) is 0 Å². The summed E-state index contributed by atoms with van der Waals surface area (Å²) in [6.07, 6.45) is 7.45. The Kier molecular flexibility index (Phi) is 7.45. The number of hydrogen-bond acceptors (Lipinski definition) is 2. The summed E-state index contributed by atoms with van der Waals surface area (Å²) in [7, 11) is 2.18. The molecule has 154 valence electrons. The van der Waals surface area contributed by atoms with Gasteiger partial charge in [-0.25, -0.2) is 4.39 Å². The third kappa shape index (κ3) is 5.06. The van der Waals surface area contributed by atoms with Crippen LogP contribution in [0.2, 0.25) is 0 Å². The molecule has 0 bridgehead atoms. The van der Waals surface area contributed by atoms with Gasteiger partial charge >= 0.3 is 0 Å². The summed E-state index contributed by atoms with van der Waals surface area (Å²) in [6, 6.07) is 20.4. The van der Waals surface area contributed by atoms with Gasteiger partial charge in [-0.1, -0.05) is 62.2 Å². The molecule has 0 N–H and O–H groups in total. The van der Waals surface area contributed by atoms with Crippen LogP contribution in [0.3, 0.4) is 0 Å². The first-order valence-corrected chi connectivity index (χ1v) is 11.0. The molecule has 2 nitrogen and oxygen atoms in total. The molecule has 1 saturated carbocycles. The lowest BCUT2D eigenvalue weighted by Crippen LogP contribution is -2.37. The zero-order valence-electron chi connectivity index (χ0n) is 17.8. The fourth-order valence-electron chi connectivity index (χ4n) is 5.09. The molecule has 0 radical (unpaired) electrons. The van der Waals surface area contributed by atoms with E-state index in [1.807, 2.05) is 18.2 Å². The molecule has 1 fully saturated rings. The maximum absolute atomic E-state index is 13.5. The van der Waals surface area contributed by atoms with Crippen LogP contribution in [0.25, 0.3) is 0 Å². The molecule has 0 spiro atoms. The molecule has 2 unspecified atom stereocenters. The minimum atomic E-state index is -0.509. The predicted octanol–water partition coefficient (Wildman–Crippen LogP) is 6.47. The van der Waals surface area contributed by atoms with Crippen LogP contribution < -0.4 is 0 Å². The van der Waals surface area contributed by atoms with Crippen molar-refractivity contribution in [3.05, 3.63) is 71.5 Å². The van der Waals surface area contributed by atoms with Crippen LogP contribution in [-0.2, 0) is 12.0 Å². The molecule has 0 aliphatic heterocycles. The Morgan fingerprint density at radius 1 is 1.10 bits per heavy atom. The van der Waals surface area contributed by atoms with Crippen molar-refractivity contribution in [3.63, 3.8) is 0 Å². The molecule has 0 aromatic heterocycles. The Morgan fingerprint density at radius 2 is 1.76 bits per heavy atom. The standard InChI is InChI=1S/C26H33FN2/c1-3-25(29(2)19-21-9-5-4-6-10-21)17-18-26(20-28,22-11-7-8-12-22)23-13-15-24(27)16-14-23/h4-6,9-10,13-16,22,25H,3,7-8,11-12,17-19H2,1-2H3. The first-order valence-electron chi connectivity index (χ1n) is 11.0. The quantitative estimate of drug-likeness (QED) is 0.489. The third-order valence-electron chi connectivity index (χ3n) is 6.85. The summed E-state index contributed by atoms with van der Waals surface area (Å²) in [5, 5.41) is 10.4. The van der Waals surface area contributed by atoms with Crippen LogP contribution in [-0.4, -0.2) is 18.0 Å². The van der Waals surface area contributed by atoms with Crippen LogP contribution in [0.5, 0.6) is 0 Å². The van der Waals surface area contributed by atoms with Crippen molar-refractivity contribution < 1.29 is 4.39 Å². The van der Waals surface area contributed by atoms with E-state index in [2.05, 4.69) is 49.2 Å². The lowest BCUT2D eigenvalue weighted by Gasteiger charge is -2.36. The van der Waals surface area contributed by atoms with E-state index in [0.29, 0.717) is 12.0 Å². The van der Waals surface area contributed by atoms with Crippen molar-refractivity contribution in [2.45, 2.75) is 69.9 Å². The van der Waals surface area contributed by atoms with E-state index in [1.165, 1.54) is 30.5 Å². The second kappa shape index (κ2) is 10.0. The lowest BCUT2D eigenvalue weighted by molar-refractivity contribution is 0.193. The van der Waals surface area contributed by atoms with Gasteiger partial charge in [-0.2, -0.15) is 5.26 Å². The van der Waals surface area contributed by atoms with E-state index in [1.54, 1.807) is 0 Å². The van der Waals surface area contributed by atoms with Gasteiger partial charge in [0.25, 0.3) is 0 Å². The predicted molar refractivity (Wildman–Crippen MR) is 117 cm³/mol. The Balaban J connectivity index is 1.77. The molecule has 0 heterocycles. The Hall–Kier alpha value is -2.18. The van der Waals surface area contributed by atoms with E-state index in [0.717, 1.165) is 44.2 Å². The Bertz CT molecular complexity index is 790. The molecular formula is C26H33FN2. The Morgan fingerprint density at radius 3 is 2.34 bits per heavy atom. The zero-order chi connectivity index (χ0) is 20.7. The largest absolute Gasteiger partial charge is 0.299 e. The maximum atomic E-state index is 13.5. The SMILES string of the molecule is CCC(CCC(C#N)(c1ccc(F)cc1)C1CCCC1)N(C)Cc1ccccc1. The fraction of sp³-hybridized carbons (Fsp3) is 0.500. The molecule has 1 aliphatic carbocycles. The summed E-state index contributed by atoms with van der Waals surface area (Å²) in [4.78, 5) is 2.41. The first kappa shape index (κ1) is 21.5. The first-order chi connectivity index (χ1) is 14.1. The molecule has 1 aliphatic rings. The third-order valence-corrected chi connectivity index (χ3v) is 6.85. The van der Waals surface area contributed by atoms with Gasteiger partial charge in [0.2, 0.25) is 0 Å². The van der Waals surface area contributed by atoms with Crippen LogP contribution in [0, 0.1) is 23.1 Å².